The van der Waals surface area contributed by atoms with Crippen molar-refractivity contribution < 1.29 is 0 Å². The summed E-state index contributed by atoms with van der Waals surface area (Å²) in [5.74, 6) is 0.609. The molecule has 0 atom stereocenters. The number of rotatable bonds is 6. The molecule has 24 heavy (non-hydrogen) atoms. The van der Waals surface area contributed by atoms with Gasteiger partial charge in [0.15, 0.2) is 0 Å². The Hall–Kier alpha value is -2.20. The lowest BCUT2D eigenvalue weighted by Gasteiger charge is -2.09. The minimum Gasteiger partial charge on any atom is -0.296 e. The number of hydrogen-bond donors (Lipinski definition) is 0. The molecule has 2 aromatic heterocycles. The van der Waals surface area contributed by atoms with Crippen LogP contribution in [0.4, 0.5) is 0 Å². The van der Waals surface area contributed by atoms with Gasteiger partial charge in [-0.3, -0.25) is 13.9 Å². The van der Waals surface area contributed by atoms with E-state index in [0.29, 0.717) is 11.6 Å². The quantitative estimate of drug-likeness (QED) is 0.805. The summed E-state index contributed by atoms with van der Waals surface area (Å²) in [7, 11) is 0. The zero-order valence-corrected chi connectivity index (χ0v) is 14.7. The van der Waals surface area contributed by atoms with Gasteiger partial charge in [0, 0.05) is 17.6 Å². The van der Waals surface area contributed by atoms with Gasteiger partial charge in [-0.15, -0.1) is 11.3 Å². The van der Waals surface area contributed by atoms with Crippen LogP contribution in [-0.4, -0.2) is 14.1 Å². The summed E-state index contributed by atoms with van der Waals surface area (Å²) in [6.07, 6.45) is 5.19. The van der Waals surface area contributed by atoms with Crippen molar-refractivity contribution in [1.29, 1.82) is 5.26 Å². The normalized spacial score (nSPS) is 14.1. The van der Waals surface area contributed by atoms with E-state index in [9.17, 15) is 9.59 Å². The van der Waals surface area contributed by atoms with Crippen molar-refractivity contribution in [2.24, 2.45) is 5.92 Å². The minimum atomic E-state index is -0.531. The van der Waals surface area contributed by atoms with E-state index in [2.05, 4.69) is 18.8 Å². The highest BCUT2D eigenvalue weighted by Gasteiger charge is 2.27. The SMILES string of the molecule is CC(C)CCc1nc(Cn2c(=O)c(C#N)cn(C3CC3)c2=O)cs1. The van der Waals surface area contributed by atoms with Crippen LogP contribution in [0.25, 0.3) is 0 Å². The van der Waals surface area contributed by atoms with Crippen LogP contribution in [0, 0.1) is 17.2 Å². The van der Waals surface area contributed by atoms with E-state index in [1.165, 1.54) is 10.8 Å². The maximum Gasteiger partial charge on any atom is 0.331 e. The third-order valence-electron chi connectivity index (χ3n) is 4.11. The molecule has 3 rings (SSSR count). The highest BCUT2D eigenvalue weighted by molar-refractivity contribution is 7.09. The van der Waals surface area contributed by atoms with Crippen molar-refractivity contribution in [3.05, 3.63) is 48.7 Å². The summed E-state index contributed by atoms with van der Waals surface area (Å²) in [4.78, 5) is 29.4. The van der Waals surface area contributed by atoms with Crippen LogP contribution in [0.1, 0.15) is 55.4 Å². The molecule has 0 radical (unpaired) electrons. The second kappa shape index (κ2) is 6.73. The van der Waals surface area contributed by atoms with Crippen LogP contribution in [0.15, 0.2) is 21.2 Å². The van der Waals surface area contributed by atoms with Gasteiger partial charge in [0.1, 0.15) is 11.6 Å². The van der Waals surface area contributed by atoms with Gasteiger partial charge in [0.05, 0.1) is 17.2 Å². The highest BCUT2D eigenvalue weighted by atomic mass is 32.1. The molecule has 0 N–H and O–H groups in total. The van der Waals surface area contributed by atoms with Gasteiger partial charge < -0.3 is 0 Å². The zero-order valence-electron chi connectivity index (χ0n) is 13.9. The first-order valence-electron chi connectivity index (χ1n) is 8.19. The first kappa shape index (κ1) is 16.7. The van der Waals surface area contributed by atoms with Gasteiger partial charge in [0.2, 0.25) is 0 Å². The number of aromatic nitrogens is 3. The largest absolute Gasteiger partial charge is 0.331 e. The summed E-state index contributed by atoms with van der Waals surface area (Å²) in [5.41, 5.74) is -0.165. The van der Waals surface area contributed by atoms with Crippen molar-refractivity contribution in [3.63, 3.8) is 0 Å². The van der Waals surface area contributed by atoms with Crippen LogP contribution >= 0.6 is 11.3 Å². The number of aryl methyl sites for hydroxylation is 1. The Kier molecular flexibility index (Phi) is 4.67. The molecule has 0 saturated heterocycles. The summed E-state index contributed by atoms with van der Waals surface area (Å²) in [6.45, 7) is 4.46. The lowest BCUT2D eigenvalue weighted by Crippen LogP contribution is -2.41. The van der Waals surface area contributed by atoms with E-state index < -0.39 is 5.56 Å². The van der Waals surface area contributed by atoms with E-state index in [1.807, 2.05) is 11.4 Å². The maximum atomic E-state index is 12.6. The topological polar surface area (TPSA) is 80.7 Å². The molecule has 2 heterocycles. The predicted molar refractivity (Wildman–Crippen MR) is 92.3 cm³/mol. The average molecular weight is 344 g/mol. The molecule has 0 unspecified atom stereocenters. The molecule has 0 spiro atoms. The maximum absolute atomic E-state index is 12.6. The Bertz CT molecular complexity index is 897. The van der Waals surface area contributed by atoms with Gasteiger partial charge in [-0.05, 0) is 31.6 Å². The smallest absolute Gasteiger partial charge is 0.296 e. The second-order valence-corrected chi connectivity index (χ2v) is 7.57. The standard InChI is InChI=1S/C17H20N4O2S/c1-11(2)3-6-15-19-13(10-24-15)9-21-16(22)12(7-18)8-20(17(21)23)14-4-5-14/h8,10-11,14H,3-6,9H2,1-2H3. The molecule has 0 aliphatic heterocycles. The third kappa shape index (κ3) is 3.49. The number of nitrogens with zero attached hydrogens (tertiary/aromatic N) is 4. The number of thiazole rings is 1. The summed E-state index contributed by atoms with van der Waals surface area (Å²) in [5, 5.41) is 12.1. The molecule has 6 nitrogen and oxygen atoms in total. The van der Waals surface area contributed by atoms with E-state index >= 15 is 0 Å². The monoisotopic (exact) mass is 344 g/mol. The lowest BCUT2D eigenvalue weighted by molar-refractivity contribution is 0.576. The molecule has 1 aliphatic rings. The van der Waals surface area contributed by atoms with E-state index in [0.717, 1.165) is 35.3 Å². The predicted octanol–water partition coefficient (Wildman–Crippen LogP) is 2.31. The number of nitriles is 1. The van der Waals surface area contributed by atoms with Crippen LogP contribution in [0.5, 0.6) is 0 Å². The fraction of sp³-hybridized carbons (Fsp3) is 0.529. The van der Waals surface area contributed by atoms with Gasteiger partial charge in [-0.25, -0.2) is 9.78 Å². The fourth-order valence-corrected chi connectivity index (χ4v) is 3.37. The van der Waals surface area contributed by atoms with Crippen molar-refractivity contribution in [1.82, 2.24) is 14.1 Å². The molecular formula is C17H20N4O2S. The zero-order chi connectivity index (χ0) is 17.3. The first-order chi connectivity index (χ1) is 11.5. The van der Waals surface area contributed by atoms with E-state index in [-0.39, 0.29) is 23.8 Å². The van der Waals surface area contributed by atoms with Crippen molar-refractivity contribution >= 4 is 11.3 Å². The van der Waals surface area contributed by atoms with Gasteiger partial charge in [0.25, 0.3) is 5.56 Å². The van der Waals surface area contributed by atoms with Crippen molar-refractivity contribution in [2.45, 2.75) is 52.1 Å². The summed E-state index contributed by atoms with van der Waals surface area (Å²) < 4.78 is 2.66. The Morgan fingerprint density at radius 1 is 1.42 bits per heavy atom. The first-order valence-corrected chi connectivity index (χ1v) is 9.07. The molecule has 1 aliphatic carbocycles. The molecule has 1 fully saturated rings. The van der Waals surface area contributed by atoms with Crippen LogP contribution in [0.3, 0.4) is 0 Å². The third-order valence-corrected chi connectivity index (χ3v) is 5.07. The second-order valence-electron chi connectivity index (χ2n) is 6.63. The Morgan fingerprint density at radius 3 is 2.79 bits per heavy atom. The van der Waals surface area contributed by atoms with Gasteiger partial charge in [-0.2, -0.15) is 5.26 Å². The van der Waals surface area contributed by atoms with Crippen molar-refractivity contribution in [3.8, 4) is 6.07 Å². The number of hydrogen-bond acceptors (Lipinski definition) is 5. The van der Waals surface area contributed by atoms with Gasteiger partial charge in [-0.1, -0.05) is 13.8 Å². The summed E-state index contributed by atoms with van der Waals surface area (Å²) in [6, 6.07) is 2.02. The Balaban J connectivity index is 1.90. The van der Waals surface area contributed by atoms with Crippen LogP contribution < -0.4 is 11.2 Å². The average Bonchev–Trinajstić information content (AvgIpc) is 3.29. The Labute approximate surface area is 144 Å². The lowest BCUT2D eigenvalue weighted by atomic mass is 10.1. The van der Waals surface area contributed by atoms with Gasteiger partial charge >= 0.3 is 5.69 Å². The Morgan fingerprint density at radius 2 is 2.17 bits per heavy atom. The molecule has 0 aromatic carbocycles. The molecule has 126 valence electrons. The molecule has 2 aromatic rings. The molecule has 1 saturated carbocycles. The highest BCUT2D eigenvalue weighted by Crippen LogP contribution is 2.33. The van der Waals surface area contributed by atoms with E-state index in [4.69, 9.17) is 5.26 Å². The minimum absolute atomic E-state index is 0.0109. The van der Waals surface area contributed by atoms with E-state index in [1.54, 1.807) is 11.3 Å². The molecule has 0 amide bonds. The van der Waals surface area contributed by atoms with Crippen LogP contribution in [0.2, 0.25) is 0 Å². The fourth-order valence-electron chi connectivity index (χ4n) is 2.56. The molecular weight excluding hydrogens is 324 g/mol. The summed E-state index contributed by atoms with van der Waals surface area (Å²) >= 11 is 1.55. The molecule has 7 heteroatoms. The van der Waals surface area contributed by atoms with Crippen LogP contribution in [-0.2, 0) is 13.0 Å². The molecule has 0 bridgehead atoms. The van der Waals surface area contributed by atoms with Crippen molar-refractivity contribution in [2.75, 3.05) is 0 Å².